The van der Waals surface area contributed by atoms with Gasteiger partial charge in [0.05, 0.1) is 13.3 Å². The summed E-state index contributed by atoms with van der Waals surface area (Å²) in [4.78, 5) is 11.4. The number of carbonyl (C=O) groups is 1. The quantitative estimate of drug-likeness (QED) is 0.451. The van der Waals surface area contributed by atoms with E-state index < -0.39 is 0 Å². The molecule has 0 spiro atoms. The molecule has 104 valence electrons. The van der Waals surface area contributed by atoms with Gasteiger partial charge in [0.25, 0.3) is 0 Å². The average Bonchev–Trinajstić information content (AvgIpc) is 2.41. The van der Waals surface area contributed by atoms with Crippen molar-refractivity contribution >= 4 is 12.1 Å². The van der Waals surface area contributed by atoms with Crippen LogP contribution in [0.2, 0.25) is 0 Å². The Hall–Kier alpha value is -2.04. The van der Waals surface area contributed by atoms with Crippen LogP contribution < -0.4 is 10.2 Å². The van der Waals surface area contributed by atoms with Gasteiger partial charge in [0.2, 0.25) is 5.91 Å². The highest BCUT2D eigenvalue weighted by molar-refractivity contribution is 5.86. The number of rotatable bonds is 7. The van der Waals surface area contributed by atoms with Gasteiger partial charge in [0.15, 0.2) is 11.5 Å². The minimum Gasteiger partial charge on any atom is -0.504 e. The lowest BCUT2D eigenvalue weighted by atomic mass is 10.2. The topological polar surface area (TPSA) is 70.9 Å². The molecule has 19 heavy (non-hydrogen) atoms. The molecule has 0 aliphatic rings. The van der Waals surface area contributed by atoms with Crippen LogP contribution in [0.1, 0.15) is 38.2 Å². The zero-order chi connectivity index (χ0) is 14.1. The van der Waals surface area contributed by atoms with Crippen molar-refractivity contribution in [3.63, 3.8) is 0 Å². The highest BCUT2D eigenvalue weighted by Crippen LogP contribution is 2.27. The Morgan fingerprint density at radius 1 is 1.47 bits per heavy atom. The van der Waals surface area contributed by atoms with Gasteiger partial charge in [0, 0.05) is 12.0 Å². The Bertz CT molecular complexity index is 444. The van der Waals surface area contributed by atoms with Crippen molar-refractivity contribution in [1.82, 2.24) is 5.43 Å². The zero-order valence-electron chi connectivity index (χ0n) is 11.3. The molecule has 5 nitrogen and oxygen atoms in total. The molecule has 1 amide bonds. The summed E-state index contributed by atoms with van der Waals surface area (Å²) in [6, 6.07) is 5.07. The maximum atomic E-state index is 11.4. The van der Waals surface area contributed by atoms with Crippen LogP contribution >= 0.6 is 0 Å². The molecule has 0 saturated carbocycles. The van der Waals surface area contributed by atoms with Crippen LogP contribution in [0.3, 0.4) is 0 Å². The minimum atomic E-state index is -0.118. The van der Waals surface area contributed by atoms with Gasteiger partial charge in [-0.2, -0.15) is 5.10 Å². The Morgan fingerprint density at radius 3 is 2.95 bits per heavy atom. The van der Waals surface area contributed by atoms with Gasteiger partial charge in [-0.25, -0.2) is 5.43 Å². The molecule has 0 radical (unpaired) electrons. The average molecular weight is 264 g/mol. The number of unbranched alkanes of at least 4 members (excludes halogenated alkanes) is 2. The van der Waals surface area contributed by atoms with E-state index in [0.29, 0.717) is 17.7 Å². The third-order valence-electron chi connectivity index (χ3n) is 2.65. The molecule has 1 aromatic carbocycles. The summed E-state index contributed by atoms with van der Waals surface area (Å²) in [5.41, 5.74) is 2.93. The first-order valence-corrected chi connectivity index (χ1v) is 6.37. The number of benzene rings is 1. The molecule has 0 heterocycles. The summed E-state index contributed by atoms with van der Waals surface area (Å²) < 4.78 is 4.98. The fraction of sp³-hybridized carbons (Fsp3) is 0.429. The smallest absolute Gasteiger partial charge is 0.240 e. The monoisotopic (exact) mass is 264 g/mol. The van der Waals surface area contributed by atoms with Crippen LogP contribution in [0.4, 0.5) is 0 Å². The van der Waals surface area contributed by atoms with Gasteiger partial charge in [-0.15, -0.1) is 0 Å². The normalized spacial score (nSPS) is 10.6. The number of hydrogen-bond donors (Lipinski definition) is 2. The zero-order valence-corrected chi connectivity index (χ0v) is 11.3. The van der Waals surface area contributed by atoms with E-state index in [1.54, 1.807) is 18.2 Å². The predicted octanol–water partition coefficient (Wildman–Crippen LogP) is 2.43. The largest absolute Gasteiger partial charge is 0.504 e. The van der Waals surface area contributed by atoms with Crippen LogP contribution in [-0.2, 0) is 4.79 Å². The van der Waals surface area contributed by atoms with Crippen molar-refractivity contribution in [2.75, 3.05) is 7.11 Å². The number of para-hydroxylation sites is 1. The summed E-state index contributed by atoms with van der Waals surface area (Å²) in [5, 5.41) is 13.6. The van der Waals surface area contributed by atoms with Gasteiger partial charge in [-0.05, 0) is 18.6 Å². The number of methoxy groups -OCH3 is 1. The molecule has 2 N–H and O–H groups in total. The Morgan fingerprint density at radius 2 is 2.26 bits per heavy atom. The first kappa shape index (κ1) is 15.0. The first-order chi connectivity index (χ1) is 9.19. The molecule has 0 aromatic heterocycles. The maximum Gasteiger partial charge on any atom is 0.240 e. The van der Waals surface area contributed by atoms with Crippen molar-refractivity contribution < 1.29 is 14.6 Å². The third-order valence-corrected chi connectivity index (χ3v) is 2.65. The number of carbonyl (C=O) groups excluding carboxylic acids is 1. The molecule has 0 saturated heterocycles. The molecular weight excluding hydrogens is 244 g/mol. The first-order valence-electron chi connectivity index (χ1n) is 6.37. The number of aromatic hydroxyl groups is 1. The van der Waals surface area contributed by atoms with Crippen LogP contribution in [0.25, 0.3) is 0 Å². The number of ether oxygens (including phenoxy) is 1. The lowest BCUT2D eigenvalue weighted by Crippen LogP contribution is -2.16. The number of phenolic OH excluding ortho intramolecular Hbond substituents is 1. The summed E-state index contributed by atoms with van der Waals surface area (Å²) in [6.07, 6.45) is 4.84. The number of hydrogen-bond acceptors (Lipinski definition) is 4. The number of amides is 1. The third kappa shape index (κ3) is 4.99. The van der Waals surface area contributed by atoms with Gasteiger partial charge in [-0.1, -0.05) is 25.8 Å². The predicted molar refractivity (Wildman–Crippen MR) is 74.5 cm³/mol. The van der Waals surface area contributed by atoms with E-state index in [0.717, 1.165) is 19.3 Å². The van der Waals surface area contributed by atoms with E-state index in [4.69, 9.17) is 4.74 Å². The fourth-order valence-corrected chi connectivity index (χ4v) is 1.57. The second-order valence-electron chi connectivity index (χ2n) is 4.15. The van der Waals surface area contributed by atoms with Gasteiger partial charge < -0.3 is 9.84 Å². The van der Waals surface area contributed by atoms with Crippen LogP contribution in [0.5, 0.6) is 11.5 Å². The molecule has 0 bridgehead atoms. The Labute approximate surface area is 113 Å². The van der Waals surface area contributed by atoms with Crippen molar-refractivity contribution in [2.24, 2.45) is 5.10 Å². The summed E-state index contributed by atoms with van der Waals surface area (Å²) in [7, 11) is 1.48. The lowest BCUT2D eigenvalue weighted by molar-refractivity contribution is -0.121. The number of nitrogens with zero attached hydrogens (tertiary/aromatic N) is 1. The standard InChI is InChI=1S/C14H20N2O3/c1-3-4-5-9-13(17)16-15-10-11-7-6-8-12(19-2)14(11)18/h6-8,10,18H,3-5,9H2,1-2H3,(H,16,17). The Kier molecular flexibility index (Phi) is 6.43. The second-order valence-corrected chi connectivity index (χ2v) is 4.15. The molecule has 0 atom stereocenters. The van der Waals surface area contributed by atoms with E-state index >= 15 is 0 Å². The summed E-state index contributed by atoms with van der Waals surface area (Å²) in [5.74, 6) is 0.263. The summed E-state index contributed by atoms with van der Waals surface area (Å²) >= 11 is 0. The molecule has 0 aliphatic heterocycles. The lowest BCUT2D eigenvalue weighted by Gasteiger charge is -2.04. The van der Waals surface area contributed by atoms with Gasteiger partial charge in [0.1, 0.15) is 0 Å². The molecule has 1 rings (SSSR count). The molecule has 0 unspecified atom stereocenters. The molecular formula is C14H20N2O3. The SMILES string of the molecule is CCCCCC(=O)NN=Cc1cccc(OC)c1O. The Balaban J connectivity index is 2.51. The highest BCUT2D eigenvalue weighted by atomic mass is 16.5. The molecule has 0 aliphatic carbocycles. The van der Waals surface area contributed by atoms with E-state index in [1.807, 2.05) is 0 Å². The van der Waals surface area contributed by atoms with Crippen molar-refractivity contribution in [2.45, 2.75) is 32.6 Å². The number of phenols is 1. The highest BCUT2D eigenvalue weighted by Gasteiger charge is 2.05. The fourth-order valence-electron chi connectivity index (χ4n) is 1.57. The van der Waals surface area contributed by atoms with E-state index in [2.05, 4.69) is 17.5 Å². The van der Waals surface area contributed by atoms with Crippen LogP contribution in [0, 0.1) is 0 Å². The number of hydrazone groups is 1. The molecule has 1 aromatic rings. The number of nitrogens with one attached hydrogen (secondary N) is 1. The van der Waals surface area contributed by atoms with Gasteiger partial charge in [-0.3, -0.25) is 4.79 Å². The molecule has 5 heteroatoms. The summed E-state index contributed by atoms with van der Waals surface area (Å²) in [6.45, 7) is 2.08. The van der Waals surface area contributed by atoms with E-state index in [9.17, 15) is 9.90 Å². The van der Waals surface area contributed by atoms with Gasteiger partial charge >= 0.3 is 0 Å². The maximum absolute atomic E-state index is 11.4. The van der Waals surface area contributed by atoms with E-state index in [1.165, 1.54) is 13.3 Å². The van der Waals surface area contributed by atoms with Crippen molar-refractivity contribution in [3.05, 3.63) is 23.8 Å². The molecule has 0 fully saturated rings. The van der Waals surface area contributed by atoms with Crippen molar-refractivity contribution in [3.8, 4) is 11.5 Å². The second kappa shape index (κ2) is 8.13. The minimum absolute atomic E-state index is 0.00832. The van der Waals surface area contributed by atoms with Crippen LogP contribution in [-0.4, -0.2) is 24.3 Å². The van der Waals surface area contributed by atoms with E-state index in [-0.39, 0.29) is 11.7 Å². The van der Waals surface area contributed by atoms with Crippen molar-refractivity contribution in [1.29, 1.82) is 0 Å². The van der Waals surface area contributed by atoms with Crippen LogP contribution in [0.15, 0.2) is 23.3 Å².